The molecule has 1 N–H and O–H groups in total. The van der Waals surface area contributed by atoms with Gasteiger partial charge in [-0.15, -0.1) is 0 Å². The number of carboxylic acid groups (broad SMARTS) is 1. The van der Waals surface area contributed by atoms with Gasteiger partial charge in [0.15, 0.2) is 5.82 Å². The van der Waals surface area contributed by atoms with Crippen LogP contribution in [-0.2, 0) is 17.8 Å². The van der Waals surface area contributed by atoms with E-state index in [1.165, 1.54) is 19.2 Å². The Morgan fingerprint density at radius 1 is 0.919 bits per heavy atom. The predicted molar refractivity (Wildman–Crippen MR) is 236 cm³/mol. The summed E-state index contributed by atoms with van der Waals surface area (Å²) in [5.41, 5.74) is 4.73. The number of hydrogen-bond acceptors (Lipinski definition) is 13. The normalized spacial score (nSPS) is 13.8. The Hall–Kier alpha value is -6.26. The number of hydrogen-bond donors (Lipinski definition) is 1. The lowest BCUT2D eigenvalue weighted by atomic mass is 9.93. The Balaban J connectivity index is 1.08. The molecule has 1 atom stereocenters. The van der Waals surface area contributed by atoms with Gasteiger partial charge in [-0.1, -0.05) is 48.0 Å². The Morgan fingerprint density at radius 3 is 2.56 bits per heavy atom. The van der Waals surface area contributed by atoms with Gasteiger partial charge in [0.25, 0.3) is 0 Å². The summed E-state index contributed by atoms with van der Waals surface area (Å²) in [6.45, 7) is 7.17. The van der Waals surface area contributed by atoms with Crippen LogP contribution < -0.4 is 18.9 Å². The van der Waals surface area contributed by atoms with Crippen molar-refractivity contribution in [3.8, 4) is 57.0 Å². The fraction of sp³-hybridized carbons (Fsp3) is 0.261. The minimum absolute atomic E-state index is 0.0609. The van der Waals surface area contributed by atoms with Crippen LogP contribution in [0, 0.1) is 12.7 Å². The molecule has 62 heavy (non-hydrogen) atoms. The second-order valence-electron chi connectivity index (χ2n) is 14.7. The number of para-hydroxylation sites is 1. The van der Waals surface area contributed by atoms with E-state index in [1.54, 1.807) is 67.1 Å². The largest absolute Gasteiger partial charge is 0.491 e. The molecular formula is C46H43ClFN7O6S. The van der Waals surface area contributed by atoms with E-state index in [0.29, 0.717) is 89.7 Å². The van der Waals surface area contributed by atoms with Gasteiger partial charge in [-0.2, -0.15) is 4.37 Å². The molecule has 318 valence electrons. The van der Waals surface area contributed by atoms with Gasteiger partial charge in [0, 0.05) is 68.9 Å². The lowest BCUT2D eigenvalue weighted by molar-refractivity contribution is -0.145. The smallest absolute Gasteiger partial charge is 0.345 e. The van der Waals surface area contributed by atoms with Gasteiger partial charge in [-0.25, -0.2) is 24.1 Å². The van der Waals surface area contributed by atoms with Crippen molar-refractivity contribution in [2.75, 3.05) is 53.5 Å². The second kappa shape index (κ2) is 19.2. The van der Waals surface area contributed by atoms with E-state index in [-0.39, 0.29) is 18.9 Å². The van der Waals surface area contributed by atoms with Crippen LogP contribution >= 0.6 is 23.1 Å². The first kappa shape index (κ1) is 42.4. The standard InChI is InChI=1S/C46H43ClFN7O6S/c1-28-33(13-14-36(41(28)47)59-23-22-55-20-18-54(2)19-21-55)39-40-38(26-51-42(39)30-9-6-10-31(48)24-30)62-53-45(40)61-37(46(56)57)25-29-8-4-5-12-35(29)60-27-32-15-17-49-43(52-32)34-11-7-16-50-44(34)58-3/h4-17,24,26,37H,18-23,25,27H2,1-3H3,(H,56,57). The maximum Gasteiger partial charge on any atom is 0.345 e. The van der Waals surface area contributed by atoms with E-state index in [2.05, 4.69) is 36.2 Å². The molecule has 0 saturated carbocycles. The van der Waals surface area contributed by atoms with Crippen molar-refractivity contribution >= 4 is 39.2 Å². The van der Waals surface area contributed by atoms with Crippen molar-refractivity contribution in [3.05, 3.63) is 125 Å². The first-order valence-corrected chi connectivity index (χ1v) is 21.1. The fourth-order valence-electron chi connectivity index (χ4n) is 7.32. The molecule has 0 spiro atoms. The summed E-state index contributed by atoms with van der Waals surface area (Å²) in [7, 11) is 3.65. The number of nitrogens with zero attached hydrogens (tertiary/aromatic N) is 7. The molecule has 13 nitrogen and oxygen atoms in total. The van der Waals surface area contributed by atoms with E-state index in [0.717, 1.165) is 44.3 Å². The number of halogens is 2. The van der Waals surface area contributed by atoms with Gasteiger partial charge in [0.05, 0.1) is 39.2 Å². The molecule has 16 heteroatoms. The highest BCUT2D eigenvalue weighted by molar-refractivity contribution is 7.13. The average Bonchev–Trinajstić information content (AvgIpc) is 3.70. The average molecular weight is 876 g/mol. The molecule has 1 saturated heterocycles. The van der Waals surface area contributed by atoms with Crippen LogP contribution in [0.2, 0.25) is 5.02 Å². The number of ether oxygens (including phenoxy) is 4. The number of rotatable bonds is 16. The summed E-state index contributed by atoms with van der Waals surface area (Å²) < 4.78 is 44.2. The molecule has 1 aliphatic rings. The van der Waals surface area contributed by atoms with Gasteiger partial charge < -0.3 is 29.0 Å². The number of fused-ring (bicyclic) bond motifs is 1. The zero-order chi connectivity index (χ0) is 43.2. The van der Waals surface area contributed by atoms with E-state index in [9.17, 15) is 14.3 Å². The van der Waals surface area contributed by atoms with Gasteiger partial charge in [-0.05, 0) is 84.7 Å². The fourth-order valence-corrected chi connectivity index (χ4v) is 8.23. The third kappa shape index (κ3) is 9.45. The predicted octanol–water partition coefficient (Wildman–Crippen LogP) is 8.27. The van der Waals surface area contributed by atoms with Crippen molar-refractivity contribution in [1.82, 2.24) is 34.1 Å². The van der Waals surface area contributed by atoms with Crippen molar-refractivity contribution in [2.45, 2.75) is 26.1 Å². The van der Waals surface area contributed by atoms with Crippen LogP contribution in [0.5, 0.6) is 23.3 Å². The van der Waals surface area contributed by atoms with Crippen LogP contribution in [0.15, 0.2) is 97.5 Å². The molecule has 0 amide bonds. The van der Waals surface area contributed by atoms with Crippen molar-refractivity contribution in [1.29, 1.82) is 0 Å². The van der Waals surface area contributed by atoms with E-state index in [4.69, 9.17) is 35.5 Å². The monoisotopic (exact) mass is 875 g/mol. The molecule has 7 aromatic rings. The maximum absolute atomic E-state index is 14.8. The minimum Gasteiger partial charge on any atom is -0.491 e. The third-order valence-electron chi connectivity index (χ3n) is 10.7. The molecule has 8 rings (SSSR count). The van der Waals surface area contributed by atoms with Crippen molar-refractivity contribution in [2.24, 2.45) is 0 Å². The Labute approximate surface area is 366 Å². The summed E-state index contributed by atoms with van der Waals surface area (Å²) in [6, 6.07) is 22.3. The topological polar surface area (TPSA) is 145 Å². The Morgan fingerprint density at radius 2 is 1.76 bits per heavy atom. The van der Waals surface area contributed by atoms with Crippen LogP contribution in [0.1, 0.15) is 16.8 Å². The molecule has 0 radical (unpaired) electrons. The molecule has 3 aromatic carbocycles. The van der Waals surface area contributed by atoms with Crippen molar-refractivity contribution < 1.29 is 33.2 Å². The van der Waals surface area contributed by atoms with Gasteiger partial charge in [0.2, 0.25) is 17.9 Å². The van der Waals surface area contributed by atoms with Crippen LogP contribution in [0.4, 0.5) is 4.39 Å². The van der Waals surface area contributed by atoms with E-state index >= 15 is 0 Å². The summed E-state index contributed by atoms with van der Waals surface area (Å²) in [6.07, 6.45) is 3.45. The summed E-state index contributed by atoms with van der Waals surface area (Å²) >= 11 is 8.17. The van der Waals surface area contributed by atoms with Gasteiger partial charge >= 0.3 is 5.97 Å². The molecule has 1 fully saturated rings. The molecule has 1 aliphatic heterocycles. The number of methoxy groups -OCH3 is 1. The van der Waals surface area contributed by atoms with E-state index in [1.807, 2.05) is 25.1 Å². The van der Waals surface area contributed by atoms with Crippen LogP contribution in [0.3, 0.4) is 0 Å². The SMILES string of the molecule is COc1ncccc1-c1nccc(COc2ccccc2CC(Oc2nsc3cnc(-c4cccc(F)c4)c(-c4ccc(OCCN5CCN(C)CC5)c(Cl)c4C)c23)C(=O)O)n1. The maximum atomic E-state index is 14.8. The molecule has 4 aromatic heterocycles. The summed E-state index contributed by atoms with van der Waals surface area (Å²) in [4.78, 5) is 35.7. The van der Waals surface area contributed by atoms with Gasteiger partial charge in [-0.3, -0.25) is 9.88 Å². The number of carboxylic acids is 1. The molecule has 0 bridgehead atoms. The molecule has 1 unspecified atom stereocenters. The number of aromatic nitrogens is 5. The summed E-state index contributed by atoms with van der Waals surface area (Å²) in [5, 5.41) is 11.5. The van der Waals surface area contributed by atoms with E-state index < -0.39 is 17.9 Å². The Kier molecular flexibility index (Phi) is 13.1. The first-order chi connectivity index (χ1) is 30.2. The van der Waals surface area contributed by atoms with Crippen LogP contribution in [-0.4, -0.2) is 105 Å². The Bertz CT molecular complexity index is 2710. The number of benzene rings is 3. The highest BCUT2D eigenvalue weighted by Gasteiger charge is 2.28. The first-order valence-electron chi connectivity index (χ1n) is 20.0. The highest BCUT2D eigenvalue weighted by Crippen LogP contribution is 2.46. The lowest BCUT2D eigenvalue weighted by Crippen LogP contribution is -2.45. The number of aliphatic carboxylic acids is 1. The molecule has 5 heterocycles. The zero-order valence-corrected chi connectivity index (χ0v) is 35.8. The second-order valence-corrected chi connectivity index (χ2v) is 15.9. The third-order valence-corrected chi connectivity index (χ3v) is 11.9. The quantitative estimate of drug-likeness (QED) is 0.0996. The molecular weight excluding hydrogens is 833 g/mol. The molecule has 0 aliphatic carbocycles. The number of pyridine rings is 2. The number of likely N-dealkylation sites (N-methyl/N-ethyl adjacent to an activating group) is 1. The zero-order valence-electron chi connectivity index (χ0n) is 34.3. The van der Waals surface area contributed by atoms with Crippen LogP contribution in [0.25, 0.3) is 43.9 Å². The summed E-state index contributed by atoms with van der Waals surface area (Å²) in [5.74, 6) is 0.265. The lowest BCUT2D eigenvalue weighted by Gasteiger charge is -2.32. The minimum atomic E-state index is -1.38. The van der Waals surface area contributed by atoms with Gasteiger partial charge in [0.1, 0.15) is 30.5 Å². The van der Waals surface area contributed by atoms with Crippen molar-refractivity contribution in [3.63, 3.8) is 0 Å². The number of carbonyl (C=O) groups is 1. The number of piperazine rings is 1. The highest BCUT2D eigenvalue weighted by atomic mass is 35.5.